The van der Waals surface area contributed by atoms with Gasteiger partial charge in [-0.05, 0) is 83.0 Å². The molecule has 0 bridgehead atoms. The van der Waals surface area contributed by atoms with Crippen molar-refractivity contribution in [3.05, 3.63) is 46.6 Å². The predicted molar refractivity (Wildman–Crippen MR) is 132 cm³/mol. The van der Waals surface area contributed by atoms with Crippen LogP contribution in [0.5, 0.6) is 0 Å². The van der Waals surface area contributed by atoms with E-state index in [1.165, 1.54) is 30.4 Å². The molecule has 0 aromatic rings. The third kappa shape index (κ3) is 7.54. The molecule has 2 atom stereocenters. The van der Waals surface area contributed by atoms with E-state index in [9.17, 15) is 0 Å². The van der Waals surface area contributed by atoms with Crippen LogP contribution in [0.15, 0.2) is 46.6 Å². The summed E-state index contributed by atoms with van der Waals surface area (Å²) in [7, 11) is 0. The van der Waals surface area contributed by atoms with Gasteiger partial charge in [-0.1, -0.05) is 74.3 Å². The van der Waals surface area contributed by atoms with Crippen LogP contribution in [0.4, 0.5) is 0 Å². The van der Waals surface area contributed by atoms with Crippen LogP contribution < -0.4 is 0 Å². The van der Waals surface area contributed by atoms with Crippen LogP contribution in [0.2, 0.25) is 0 Å². The Morgan fingerprint density at radius 1 is 0.933 bits per heavy atom. The maximum Gasteiger partial charge on any atom is 0.0673 e. The van der Waals surface area contributed by atoms with E-state index in [1.54, 1.807) is 5.57 Å². The van der Waals surface area contributed by atoms with Crippen LogP contribution in [0.25, 0.3) is 0 Å². The molecule has 0 amide bonds. The molecule has 172 valence electrons. The molecule has 0 aromatic heterocycles. The Labute approximate surface area is 187 Å². The zero-order valence-corrected chi connectivity index (χ0v) is 21.3. The van der Waals surface area contributed by atoms with E-state index in [1.807, 2.05) is 13.8 Å². The number of hydrogen-bond acceptors (Lipinski definition) is 2. The monoisotopic (exact) mass is 416 g/mol. The Hall–Kier alpha value is -1.12. The quantitative estimate of drug-likeness (QED) is 0.411. The van der Waals surface area contributed by atoms with Gasteiger partial charge in [-0.25, -0.2) is 0 Å². The van der Waals surface area contributed by atoms with Crippen molar-refractivity contribution in [1.29, 1.82) is 0 Å². The van der Waals surface area contributed by atoms with Crippen molar-refractivity contribution in [3.63, 3.8) is 0 Å². The van der Waals surface area contributed by atoms with Gasteiger partial charge in [-0.2, -0.15) is 0 Å². The standard InChI is InChI=1S/C15H26O.C13H22O/c1-6-16-11-12(2)7-9-14-10-8-13(3)15(14,4)5;1-10(9-14)5-7-12-8-6-11(2)13(12,3)4/h7-8,14H,6,9-11H2,1-5H3;5-6,12,14H,7-9H2,1-4H3/b12-7+;10-5+. The lowest BCUT2D eigenvalue weighted by atomic mass is 9.76. The average Bonchev–Trinajstić information content (AvgIpc) is 3.11. The summed E-state index contributed by atoms with van der Waals surface area (Å²) in [6.45, 7) is 21.8. The SMILES string of the molecule is CC1=CCC(C/C=C(\C)CO)C1(C)C.CCOC/C(C)=C/CC1CC=C(C)C1(C)C. The number of aliphatic hydroxyl groups is 1. The Balaban J connectivity index is 0.000000303. The third-order valence-corrected chi connectivity index (χ3v) is 7.78. The highest BCUT2D eigenvalue weighted by Crippen LogP contribution is 2.45. The average molecular weight is 417 g/mol. The van der Waals surface area contributed by atoms with Gasteiger partial charge in [0.25, 0.3) is 0 Å². The molecular weight excluding hydrogens is 368 g/mol. The lowest BCUT2D eigenvalue weighted by molar-refractivity contribution is 0.170. The maximum absolute atomic E-state index is 8.91. The molecule has 2 aliphatic carbocycles. The van der Waals surface area contributed by atoms with E-state index in [-0.39, 0.29) is 6.61 Å². The first kappa shape index (κ1) is 26.9. The van der Waals surface area contributed by atoms with Crippen LogP contribution in [0.3, 0.4) is 0 Å². The molecule has 2 nitrogen and oxygen atoms in total. The van der Waals surface area contributed by atoms with E-state index in [4.69, 9.17) is 9.84 Å². The number of aliphatic hydroxyl groups excluding tert-OH is 1. The second kappa shape index (κ2) is 12.1. The summed E-state index contributed by atoms with van der Waals surface area (Å²) in [4.78, 5) is 0. The van der Waals surface area contributed by atoms with Gasteiger partial charge in [0.05, 0.1) is 13.2 Å². The molecule has 0 aromatic carbocycles. The fraction of sp³-hybridized carbons (Fsp3) is 0.714. The molecular formula is C28H48O2. The lowest BCUT2D eigenvalue weighted by Crippen LogP contribution is -2.19. The molecule has 0 saturated heterocycles. The summed E-state index contributed by atoms with van der Waals surface area (Å²) in [6.07, 6.45) is 14.0. The summed E-state index contributed by atoms with van der Waals surface area (Å²) >= 11 is 0. The molecule has 0 spiro atoms. The van der Waals surface area contributed by atoms with Crippen LogP contribution in [0, 0.1) is 22.7 Å². The summed E-state index contributed by atoms with van der Waals surface area (Å²) in [5.74, 6) is 1.48. The van der Waals surface area contributed by atoms with Crippen molar-refractivity contribution in [2.24, 2.45) is 22.7 Å². The molecule has 2 heteroatoms. The first-order valence-electron chi connectivity index (χ1n) is 11.8. The fourth-order valence-electron chi connectivity index (χ4n) is 4.25. The van der Waals surface area contributed by atoms with Gasteiger partial charge in [0.1, 0.15) is 0 Å². The fourth-order valence-corrected chi connectivity index (χ4v) is 4.25. The van der Waals surface area contributed by atoms with Crippen LogP contribution in [-0.4, -0.2) is 24.9 Å². The summed E-state index contributed by atoms with van der Waals surface area (Å²) in [5.41, 5.74) is 6.23. The van der Waals surface area contributed by atoms with E-state index in [0.717, 1.165) is 31.1 Å². The van der Waals surface area contributed by atoms with Gasteiger partial charge >= 0.3 is 0 Å². The van der Waals surface area contributed by atoms with Crippen molar-refractivity contribution in [3.8, 4) is 0 Å². The number of hydrogen-bond donors (Lipinski definition) is 1. The smallest absolute Gasteiger partial charge is 0.0673 e. The number of ether oxygens (including phenoxy) is 1. The normalized spacial score (nSPS) is 25.5. The summed E-state index contributed by atoms with van der Waals surface area (Å²) in [5, 5.41) is 8.91. The minimum Gasteiger partial charge on any atom is -0.392 e. The highest BCUT2D eigenvalue weighted by molar-refractivity contribution is 5.20. The van der Waals surface area contributed by atoms with Crippen molar-refractivity contribution < 1.29 is 9.84 Å². The van der Waals surface area contributed by atoms with Crippen LogP contribution >= 0.6 is 0 Å². The predicted octanol–water partition coefficient (Wildman–Crippen LogP) is 7.66. The second-order valence-electron chi connectivity index (χ2n) is 10.5. The third-order valence-electron chi connectivity index (χ3n) is 7.78. The van der Waals surface area contributed by atoms with Gasteiger partial charge in [0.15, 0.2) is 0 Å². The number of rotatable bonds is 8. The largest absolute Gasteiger partial charge is 0.392 e. The first-order valence-corrected chi connectivity index (χ1v) is 11.8. The van der Waals surface area contributed by atoms with E-state index in [0.29, 0.717) is 16.7 Å². The molecule has 0 saturated carbocycles. The van der Waals surface area contributed by atoms with Gasteiger partial charge < -0.3 is 9.84 Å². The van der Waals surface area contributed by atoms with E-state index < -0.39 is 0 Å². The maximum atomic E-state index is 8.91. The van der Waals surface area contributed by atoms with Crippen LogP contribution in [-0.2, 0) is 4.74 Å². The van der Waals surface area contributed by atoms with Crippen LogP contribution in [0.1, 0.15) is 88.0 Å². The van der Waals surface area contributed by atoms with Gasteiger partial charge in [-0.3, -0.25) is 0 Å². The molecule has 2 rings (SSSR count). The molecule has 0 fully saturated rings. The zero-order chi connectivity index (χ0) is 22.9. The minimum absolute atomic E-state index is 0.194. The Morgan fingerprint density at radius 2 is 1.37 bits per heavy atom. The van der Waals surface area contributed by atoms with Crippen molar-refractivity contribution in [2.75, 3.05) is 19.8 Å². The molecule has 0 aliphatic heterocycles. The second-order valence-corrected chi connectivity index (χ2v) is 10.5. The van der Waals surface area contributed by atoms with Gasteiger partial charge in [0.2, 0.25) is 0 Å². The Morgan fingerprint density at radius 3 is 1.70 bits per heavy atom. The summed E-state index contributed by atoms with van der Waals surface area (Å²) < 4.78 is 5.40. The highest BCUT2D eigenvalue weighted by atomic mass is 16.5. The Bertz CT molecular complexity index is 658. The molecule has 1 N–H and O–H groups in total. The van der Waals surface area contributed by atoms with Gasteiger partial charge in [0, 0.05) is 6.61 Å². The Kier molecular flexibility index (Phi) is 10.8. The molecule has 0 radical (unpaired) electrons. The van der Waals surface area contributed by atoms with Crippen molar-refractivity contribution in [2.45, 2.75) is 88.0 Å². The van der Waals surface area contributed by atoms with Gasteiger partial charge in [-0.15, -0.1) is 0 Å². The molecule has 0 heterocycles. The highest BCUT2D eigenvalue weighted by Gasteiger charge is 2.34. The van der Waals surface area contributed by atoms with E-state index in [2.05, 4.69) is 72.8 Å². The molecule has 30 heavy (non-hydrogen) atoms. The summed E-state index contributed by atoms with van der Waals surface area (Å²) in [6, 6.07) is 0. The van der Waals surface area contributed by atoms with E-state index >= 15 is 0 Å². The molecule has 2 unspecified atom stereocenters. The number of allylic oxidation sites excluding steroid dienone is 6. The molecule has 2 aliphatic rings. The van der Waals surface area contributed by atoms with Crippen molar-refractivity contribution >= 4 is 0 Å². The first-order chi connectivity index (χ1) is 14.0. The topological polar surface area (TPSA) is 29.5 Å². The van der Waals surface area contributed by atoms with Crippen molar-refractivity contribution in [1.82, 2.24) is 0 Å². The minimum atomic E-state index is 0.194. The zero-order valence-electron chi connectivity index (χ0n) is 21.3. The lowest BCUT2D eigenvalue weighted by Gasteiger charge is -2.29.